The summed E-state index contributed by atoms with van der Waals surface area (Å²) in [5.74, 6) is -2.98. The number of hydrogen-bond acceptors (Lipinski definition) is 4. The number of carbonyl (C=O) groups excluding carboxylic acids is 1. The minimum absolute atomic E-state index is 0.0726. The zero-order valence-electron chi connectivity index (χ0n) is 17.7. The van der Waals surface area contributed by atoms with Crippen molar-refractivity contribution in [2.75, 3.05) is 0 Å². The first-order chi connectivity index (χ1) is 16.0. The van der Waals surface area contributed by atoms with Gasteiger partial charge in [-0.05, 0) is 48.9 Å². The molecule has 0 aliphatic rings. The molecule has 0 atom stereocenters. The first-order valence-electron chi connectivity index (χ1n) is 9.84. The molecule has 4 rings (SSSR count). The summed E-state index contributed by atoms with van der Waals surface area (Å²) in [4.78, 5) is 31.2. The van der Waals surface area contributed by atoms with Crippen LogP contribution in [0.2, 0.25) is 0 Å². The summed E-state index contributed by atoms with van der Waals surface area (Å²) in [6.45, 7) is 2.71. The molecule has 0 aliphatic heterocycles. The maximum atomic E-state index is 15.3. The molecule has 5 nitrogen and oxygen atoms in total. The number of nitrogens with zero attached hydrogens (tertiary/aromatic N) is 1. The molecule has 2 aromatic heterocycles. The Morgan fingerprint density at radius 3 is 2.38 bits per heavy atom. The zero-order chi connectivity index (χ0) is 24.8. The number of nitrogens with one attached hydrogen (secondary N) is 1. The quantitative estimate of drug-likeness (QED) is 0.283. The number of benzene rings is 2. The van der Waals surface area contributed by atoms with Gasteiger partial charge in [0.25, 0.3) is 0 Å². The van der Waals surface area contributed by atoms with Gasteiger partial charge in [-0.1, -0.05) is 0 Å². The number of halogens is 5. The fourth-order valence-electron chi connectivity index (χ4n) is 3.56. The van der Waals surface area contributed by atoms with Crippen LogP contribution in [0.5, 0.6) is 11.5 Å². The summed E-state index contributed by atoms with van der Waals surface area (Å²) in [6, 6.07) is 7.12. The number of aryl methyl sites for hydroxylation is 1. The van der Waals surface area contributed by atoms with Crippen LogP contribution < -0.4 is 10.2 Å². The topological polar surface area (TPSA) is 72.1 Å². The first kappa shape index (κ1) is 23.1. The van der Waals surface area contributed by atoms with Gasteiger partial charge in [-0.15, -0.1) is 0 Å². The highest BCUT2D eigenvalue weighted by Crippen LogP contribution is 2.42. The van der Waals surface area contributed by atoms with Crippen molar-refractivity contribution >= 4 is 16.7 Å². The maximum Gasteiger partial charge on any atom is 0.419 e. The van der Waals surface area contributed by atoms with E-state index in [-0.39, 0.29) is 33.8 Å². The average molecular weight is 474 g/mol. The van der Waals surface area contributed by atoms with E-state index in [1.807, 2.05) is 0 Å². The fraction of sp³-hybridized carbons (Fsp3) is 0.125. The number of carbonyl (C=O) groups is 1. The molecule has 2 heterocycles. The molecule has 0 saturated carbocycles. The molecule has 1 N–H and O–H groups in total. The van der Waals surface area contributed by atoms with Crippen molar-refractivity contribution in [1.82, 2.24) is 9.97 Å². The van der Waals surface area contributed by atoms with Crippen molar-refractivity contribution in [3.8, 4) is 22.8 Å². The summed E-state index contributed by atoms with van der Waals surface area (Å²) >= 11 is 0. The van der Waals surface area contributed by atoms with E-state index < -0.39 is 40.1 Å². The molecule has 34 heavy (non-hydrogen) atoms. The van der Waals surface area contributed by atoms with Crippen molar-refractivity contribution in [2.24, 2.45) is 0 Å². The van der Waals surface area contributed by atoms with Crippen LogP contribution in [-0.4, -0.2) is 15.8 Å². The number of ketones is 1. The molecule has 174 valence electrons. The molecule has 0 unspecified atom stereocenters. The van der Waals surface area contributed by atoms with Crippen LogP contribution in [0.4, 0.5) is 22.0 Å². The van der Waals surface area contributed by atoms with Crippen molar-refractivity contribution in [3.63, 3.8) is 0 Å². The average Bonchev–Trinajstić information content (AvgIpc) is 2.74. The minimum Gasteiger partial charge on any atom is -0.456 e. The number of H-pyrrole nitrogens is 1. The Hall–Kier alpha value is -4.08. The predicted octanol–water partition coefficient (Wildman–Crippen LogP) is 6.19. The lowest BCUT2D eigenvalue weighted by atomic mass is 10.0. The molecule has 0 aliphatic carbocycles. The van der Waals surface area contributed by atoms with E-state index in [1.54, 1.807) is 0 Å². The Kier molecular flexibility index (Phi) is 5.68. The van der Waals surface area contributed by atoms with Crippen LogP contribution in [0.1, 0.15) is 28.5 Å². The summed E-state index contributed by atoms with van der Waals surface area (Å²) in [5.41, 5.74) is -3.02. The number of fused-ring (bicyclic) bond motifs is 1. The molecule has 2 aromatic carbocycles. The number of hydrogen-bond donors (Lipinski definition) is 1. The van der Waals surface area contributed by atoms with Crippen molar-refractivity contribution in [3.05, 3.63) is 87.3 Å². The Morgan fingerprint density at radius 1 is 1.03 bits per heavy atom. The highest BCUT2D eigenvalue weighted by molar-refractivity contribution is 6.04. The lowest BCUT2D eigenvalue weighted by molar-refractivity contribution is -0.139. The van der Waals surface area contributed by atoms with E-state index in [0.29, 0.717) is 11.6 Å². The molecule has 10 heteroatoms. The molecule has 4 aromatic rings. The fourth-order valence-corrected chi connectivity index (χ4v) is 3.56. The van der Waals surface area contributed by atoms with Gasteiger partial charge in [-0.3, -0.25) is 14.6 Å². The van der Waals surface area contributed by atoms with E-state index in [2.05, 4.69) is 9.97 Å². The third-order valence-electron chi connectivity index (χ3n) is 5.11. The summed E-state index contributed by atoms with van der Waals surface area (Å²) in [5, 5.41) is -0.0806. The molecule has 0 radical (unpaired) electrons. The van der Waals surface area contributed by atoms with Crippen LogP contribution in [0.15, 0.2) is 53.5 Å². The number of rotatable bonds is 4. The van der Waals surface area contributed by atoms with Gasteiger partial charge in [-0.25, -0.2) is 8.78 Å². The van der Waals surface area contributed by atoms with Crippen molar-refractivity contribution in [1.29, 1.82) is 0 Å². The van der Waals surface area contributed by atoms with Gasteiger partial charge in [0, 0.05) is 19.2 Å². The van der Waals surface area contributed by atoms with Crippen LogP contribution in [0, 0.1) is 18.6 Å². The van der Waals surface area contributed by atoms with Crippen LogP contribution in [0.3, 0.4) is 0 Å². The van der Waals surface area contributed by atoms with Gasteiger partial charge in [0.1, 0.15) is 28.8 Å². The second kappa shape index (κ2) is 8.36. The third-order valence-corrected chi connectivity index (χ3v) is 5.11. The molecule has 0 saturated heterocycles. The minimum atomic E-state index is -5.02. The van der Waals surface area contributed by atoms with Crippen LogP contribution in [0.25, 0.3) is 22.2 Å². The van der Waals surface area contributed by atoms with Crippen molar-refractivity contribution < 1.29 is 31.5 Å². The summed E-state index contributed by atoms with van der Waals surface area (Å²) in [7, 11) is 0. The SMILES string of the molecule is CC(=O)c1nccc2[nH]c(-c3c(Oc4ccc(F)cc4C)ccc(C(F)(F)F)c3F)cc(=O)c12. The Morgan fingerprint density at radius 2 is 1.74 bits per heavy atom. The first-order valence-corrected chi connectivity index (χ1v) is 9.84. The van der Waals surface area contributed by atoms with E-state index >= 15 is 4.39 Å². The molecule has 0 fully saturated rings. The third kappa shape index (κ3) is 4.14. The molecule has 0 spiro atoms. The Balaban J connectivity index is 1.99. The number of aromatic nitrogens is 2. The van der Waals surface area contributed by atoms with E-state index in [9.17, 15) is 27.2 Å². The smallest absolute Gasteiger partial charge is 0.419 e. The normalized spacial score (nSPS) is 11.6. The Bertz CT molecular complexity index is 1510. The number of pyridine rings is 2. The number of Topliss-reactive ketones (excluding diaryl/α,β-unsaturated/α-hetero) is 1. The maximum absolute atomic E-state index is 15.3. The zero-order valence-corrected chi connectivity index (χ0v) is 17.7. The second-order valence-electron chi connectivity index (χ2n) is 7.50. The number of aromatic amines is 1. The van der Waals surface area contributed by atoms with E-state index in [1.165, 1.54) is 32.2 Å². The number of ether oxygens (including phenoxy) is 1. The van der Waals surface area contributed by atoms with Crippen LogP contribution in [-0.2, 0) is 6.18 Å². The monoisotopic (exact) mass is 474 g/mol. The largest absolute Gasteiger partial charge is 0.456 e. The van der Waals surface area contributed by atoms with Gasteiger partial charge in [-0.2, -0.15) is 13.2 Å². The van der Waals surface area contributed by atoms with Crippen LogP contribution >= 0.6 is 0 Å². The van der Waals surface area contributed by atoms with Gasteiger partial charge < -0.3 is 9.72 Å². The van der Waals surface area contributed by atoms with E-state index in [0.717, 1.165) is 24.3 Å². The summed E-state index contributed by atoms with van der Waals surface area (Å²) in [6.07, 6.45) is -3.79. The van der Waals surface area contributed by atoms with E-state index in [4.69, 9.17) is 4.74 Å². The molecule has 0 amide bonds. The lowest BCUT2D eigenvalue weighted by Gasteiger charge is -2.17. The molecular weight excluding hydrogens is 459 g/mol. The van der Waals surface area contributed by atoms with Gasteiger partial charge in [0.05, 0.1) is 27.7 Å². The highest BCUT2D eigenvalue weighted by Gasteiger charge is 2.36. The van der Waals surface area contributed by atoms with Crippen molar-refractivity contribution in [2.45, 2.75) is 20.0 Å². The van der Waals surface area contributed by atoms with Gasteiger partial charge in [0.15, 0.2) is 11.2 Å². The second-order valence-corrected chi connectivity index (χ2v) is 7.50. The molecule has 0 bridgehead atoms. The lowest BCUT2D eigenvalue weighted by Crippen LogP contribution is -2.12. The standard InChI is InChI=1S/C24H15F5N2O3/c1-11-9-13(25)3-5-18(11)34-19-6-4-14(24(27,28)29)22(26)21(19)16-10-17(33)20-15(31-16)7-8-30-23(20)12(2)32/h3-10H,1-2H3,(H,31,33). The Labute approximate surface area is 188 Å². The highest BCUT2D eigenvalue weighted by atomic mass is 19.4. The predicted molar refractivity (Wildman–Crippen MR) is 114 cm³/mol. The number of alkyl halides is 3. The van der Waals surface area contributed by atoms with Gasteiger partial charge in [0.2, 0.25) is 0 Å². The van der Waals surface area contributed by atoms with Gasteiger partial charge >= 0.3 is 6.18 Å². The molecular formula is C24H15F5N2O3. The summed E-state index contributed by atoms with van der Waals surface area (Å²) < 4.78 is 74.7.